The lowest BCUT2D eigenvalue weighted by Crippen LogP contribution is -2.35. The van der Waals surface area contributed by atoms with Crippen LogP contribution < -0.4 is 14.2 Å². The van der Waals surface area contributed by atoms with Gasteiger partial charge < -0.3 is 29.1 Å². The molecule has 1 saturated heterocycles. The largest absolute Gasteiger partial charge is 0.507 e. The summed E-state index contributed by atoms with van der Waals surface area (Å²) in [5.41, 5.74) is 1.16. The summed E-state index contributed by atoms with van der Waals surface area (Å²) in [6, 6.07) is 11.5. The molecule has 1 atom stereocenters. The zero-order valence-electron chi connectivity index (χ0n) is 19.0. The Labute approximate surface area is 193 Å². The van der Waals surface area contributed by atoms with Crippen LogP contribution in [0, 0.1) is 0 Å². The Bertz CT molecular complexity index is 1080. The molecular weight excluding hydrogens is 424 g/mol. The first-order valence-corrected chi connectivity index (χ1v) is 11.0. The first-order chi connectivity index (χ1) is 15.9. The Hall–Kier alpha value is -3.52. The molecule has 0 saturated carbocycles. The third-order valence-electron chi connectivity index (χ3n) is 5.65. The molecule has 1 N–H and O–H groups in total. The summed E-state index contributed by atoms with van der Waals surface area (Å²) in [7, 11) is 3.80. The first-order valence-electron chi connectivity index (χ1n) is 11.0. The van der Waals surface area contributed by atoms with Crippen molar-refractivity contribution >= 4 is 17.4 Å². The Kier molecular flexibility index (Phi) is 6.55. The molecule has 8 heteroatoms. The van der Waals surface area contributed by atoms with Crippen molar-refractivity contribution in [2.24, 2.45) is 0 Å². The summed E-state index contributed by atoms with van der Waals surface area (Å²) in [5.74, 6) is 0.182. The van der Waals surface area contributed by atoms with Crippen molar-refractivity contribution in [1.29, 1.82) is 0 Å². The fourth-order valence-corrected chi connectivity index (χ4v) is 4.02. The molecule has 0 bridgehead atoms. The third-order valence-corrected chi connectivity index (χ3v) is 5.65. The highest BCUT2D eigenvalue weighted by Gasteiger charge is 2.46. The maximum Gasteiger partial charge on any atom is 0.295 e. The number of hydrogen-bond acceptors (Lipinski definition) is 7. The van der Waals surface area contributed by atoms with Crippen LogP contribution in [0.3, 0.4) is 0 Å². The highest BCUT2D eigenvalue weighted by molar-refractivity contribution is 6.46. The number of amides is 1. The van der Waals surface area contributed by atoms with Crippen LogP contribution in [0.5, 0.6) is 17.2 Å². The molecule has 2 aliphatic rings. The number of ether oxygens (including phenoxy) is 3. The Morgan fingerprint density at radius 3 is 2.45 bits per heavy atom. The summed E-state index contributed by atoms with van der Waals surface area (Å²) in [5, 5.41) is 11.2. The molecule has 2 aliphatic heterocycles. The molecule has 8 nitrogen and oxygen atoms in total. The Balaban J connectivity index is 1.79. The average molecular weight is 453 g/mol. The molecule has 2 heterocycles. The topological polar surface area (TPSA) is 88.5 Å². The van der Waals surface area contributed by atoms with Gasteiger partial charge in [0.25, 0.3) is 11.7 Å². The van der Waals surface area contributed by atoms with Crippen LogP contribution in [0.1, 0.15) is 24.1 Å². The van der Waals surface area contributed by atoms with Crippen molar-refractivity contribution in [1.82, 2.24) is 9.80 Å². The fraction of sp³-hybridized carbons (Fsp3) is 0.360. The first kappa shape index (κ1) is 22.7. The van der Waals surface area contributed by atoms with Crippen LogP contribution in [-0.2, 0) is 9.59 Å². The van der Waals surface area contributed by atoms with Crippen LogP contribution in [0.2, 0.25) is 0 Å². The molecule has 2 aromatic rings. The zero-order valence-corrected chi connectivity index (χ0v) is 19.0. The van der Waals surface area contributed by atoms with E-state index >= 15 is 0 Å². The zero-order chi connectivity index (χ0) is 23.5. The predicted octanol–water partition coefficient (Wildman–Crippen LogP) is 2.84. The smallest absolute Gasteiger partial charge is 0.295 e. The van der Waals surface area contributed by atoms with E-state index in [1.807, 2.05) is 38.1 Å². The van der Waals surface area contributed by atoms with Crippen molar-refractivity contribution in [3.05, 3.63) is 59.2 Å². The van der Waals surface area contributed by atoms with Gasteiger partial charge in [-0.3, -0.25) is 9.59 Å². The minimum Gasteiger partial charge on any atom is -0.507 e. The van der Waals surface area contributed by atoms with Gasteiger partial charge in [0.15, 0.2) is 11.5 Å². The number of ketones is 1. The maximum absolute atomic E-state index is 13.1. The number of carbonyl (C=O) groups excluding carboxylic acids is 2. The molecule has 4 rings (SSSR count). The molecule has 1 fully saturated rings. The lowest BCUT2D eigenvalue weighted by atomic mass is 9.95. The summed E-state index contributed by atoms with van der Waals surface area (Å²) < 4.78 is 16.7. The molecule has 1 amide bonds. The summed E-state index contributed by atoms with van der Waals surface area (Å²) in [6.07, 6.45) is 0. The number of Topliss-reactive ketones (excluding diaryl/α,β-unsaturated/α-hetero) is 1. The van der Waals surface area contributed by atoms with Crippen LogP contribution in [0.25, 0.3) is 5.76 Å². The average Bonchev–Trinajstić information content (AvgIpc) is 3.07. The van der Waals surface area contributed by atoms with Gasteiger partial charge in [0.1, 0.15) is 24.7 Å². The second-order valence-corrected chi connectivity index (χ2v) is 8.16. The number of aliphatic hydroxyl groups excluding tert-OH is 1. The fourth-order valence-electron chi connectivity index (χ4n) is 4.02. The van der Waals surface area contributed by atoms with Gasteiger partial charge in [-0.15, -0.1) is 0 Å². The number of rotatable bonds is 7. The van der Waals surface area contributed by atoms with E-state index in [9.17, 15) is 14.7 Å². The number of hydrogen-bond donors (Lipinski definition) is 1. The van der Waals surface area contributed by atoms with E-state index in [1.54, 1.807) is 30.3 Å². The Morgan fingerprint density at radius 1 is 1.09 bits per heavy atom. The minimum absolute atomic E-state index is 0.0552. The summed E-state index contributed by atoms with van der Waals surface area (Å²) >= 11 is 0. The van der Waals surface area contributed by atoms with Gasteiger partial charge in [0, 0.05) is 18.7 Å². The van der Waals surface area contributed by atoms with Gasteiger partial charge >= 0.3 is 0 Å². The molecule has 33 heavy (non-hydrogen) atoms. The lowest BCUT2D eigenvalue weighted by molar-refractivity contribution is -0.140. The molecule has 0 radical (unpaired) electrons. The predicted molar refractivity (Wildman–Crippen MR) is 123 cm³/mol. The van der Waals surface area contributed by atoms with Gasteiger partial charge in [-0.25, -0.2) is 0 Å². The van der Waals surface area contributed by atoms with Crippen molar-refractivity contribution < 1.29 is 28.9 Å². The van der Waals surface area contributed by atoms with Crippen molar-refractivity contribution in [3.8, 4) is 17.2 Å². The number of likely N-dealkylation sites (N-methyl/N-ethyl adjacent to an activating group) is 1. The quantitative estimate of drug-likeness (QED) is 0.393. The van der Waals surface area contributed by atoms with E-state index in [2.05, 4.69) is 0 Å². The number of aliphatic hydroxyl groups is 1. The van der Waals surface area contributed by atoms with Crippen LogP contribution in [0.15, 0.2) is 48.0 Å². The van der Waals surface area contributed by atoms with E-state index in [-0.39, 0.29) is 11.3 Å². The molecule has 2 aromatic carbocycles. The molecule has 0 aromatic heterocycles. The standard InChI is InChI=1S/C25H28N2O6/c1-4-31-18-8-5-16(6-9-18)22-21(24(29)25(30)27(22)12-11-26(2)3)23(28)17-7-10-19-20(15-17)33-14-13-32-19/h5-10,15,22,28H,4,11-14H2,1-3H3/b23-21+/t22-/m1/s1. The van der Waals surface area contributed by atoms with E-state index in [0.29, 0.717) is 55.7 Å². The summed E-state index contributed by atoms with van der Waals surface area (Å²) in [6.45, 7) is 4.20. The highest BCUT2D eigenvalue weighted by Crippen LogP contribution is 2.41. The Morgan fingerprint density at radius 2 is 1.79 bits per heavy atom. The number of benzene rings is 2. The molecule has 174 valence electrons. The minimum atomic E-state index is -0.714. The van der Waals surface area contributed by atoms with Crippen LogP contribution in [-0.4, -0.2) is 73.6 Å². The van der Waals surface area contributed by atoms with Crippen LogP contribution >= 0.6 is 0 Å². The maximum atomic E-state index is 13.1. The molecule has 0 spiro atoms. The van der Waals surface area contributed by atoms with Crippen molar-refractivity contribution in [2.75, 3.05) is 47.0 Å². The molecular formula is C25H28N2O6. The van der Waals surface area contributed by atoms with Crippen LogP contribution in [0.4, 0.5) is 0 Å². The normalized spacial score (nSPS) is 19.3. The van der Waals surface area contributed by atoms with E-state index in [4.69, 9.17) is 14.2 Å². The highest BCUT2D eigenvalue weighted by atomic mass is 16.6. The van der Waals surface area contributed by atoms with Gasteiger partial charge in [0.2, 0.25) is 0 Å². The van der Waals surface area contributed by atoms with Gasteiger partial charge in [-0.05, 0) is 56.9 Å². The van der Waals surface area contributed by atoms with Gasteiger partial charge in [0.05, 0.1) is 18.2 Å². The monoisotopic (exact) mass is 452 g/mol. The van der Waals surface area contributed by atoms with Gasteiger partial charge in [-0.1, -0.05) is 12.1 Å². The molecule has 0 unspecified atom stereocenters. The number of nitrogens with zero attached hydrogens (tertiary/aromatic N) is 2. The van der Waals surface area contributed by atoms with E-state index < -0.39 is 17.7 Å². The summed E-state index contributed by atoms with van der Waals surface area (Å²) in [4.78, 5) is 29.6. The second kappa shape index (κ2) is 9.54. The second-order valence-electron chi connectivity index (χ2n) is 8.16. The SMILES string of the molecule is CCOc1ccc([C@@H]2/C(=C(\O)c3ccc4c(c3)OCCO4)C(=O)C(=O)N2CCN(C)C)cc1. The van der Waals surface area contributed by atoms with Crippen molar-refractivity contribution in [2.45, 2.75) is 13.0 Å². The van der Waals surface area contributed by atoms with E-state index in [0.717, 1.165) is 5.56 Å². The number of likely N-dealkylation sites (tertiary alicyclic amines) is 1. The molecule has 0 aliphatic carbocycles. The lowest BCUT2D eigenvalue weighted by Gasteiger charge is -2.26. The number of fused-ring (bicyclic) bond motifs is 1. The number of carbonyl (C=O) groups is 2. The van der Waals surface area contributed by atoms with Crippen molar-refractivity contribution in [3.63, 3.8) is 0 Å². The van der Waals surface area contributed by atoms with Gasteiger partial charge in [-0.2, -0.15) is 0 Å². The van der Waals surface area contributed by atoms with E-state index in [1.165, 1.54) is 4.90 Å². The third kappa shape index (κ3) is 4.52.